The molecule has 0 radical (unpaired) electrons. The van der Waals surface area contributed by atoms with Crippen LogP contribution in [0.5, 0.6) is 11.5 Å². The zero-order valence-corrected chi connectivity index (χ0v) is 25.7. The SMILES string of the molecule is O=C(NCCc1c[nH]c2ccc(OCCCCCCOc3ccc4[nH]cc(CCNC(=O)C5CCC5)c4c3)cc12)C1CCC1. The summed E-state index contributed by atoms with van der Waals surface area (Å²) in [4.78, 5) is 30.9. The van der Waals surface area contributed by atoms with Crippen molar-refractivity contribution in [2.24, 2.45) is 11.8 Å². The molecular weight excluding hydrogens is 552 g/mol. The Labute approximate surface area is 259 Å². The van der Waals surface area contributed by atoms with Crippen molar-refractivity contribution in [2.75, 3.05) is 26.3 Å². The first-order chi connectivity index (χ1) is 21.6. The maximum Gasteiger partial charge on any atom is 0.223 e. The number of fused-ring (bicyclic) bond motifs is 2. The number of hydrogen-bond donors (Lipinski definition) is 4. The van der Waals surface area contributed by atoms with Gasteiger partial charge in [0.15, 0.2) is 0 Å². The van der Waals surface area contributed by atoms with Gasteiger partial charge < -0.3 is 30.1 Å². The second-order valence-electron chi connectivity index (χ2n) is 12.5. The van der Waals surface area contributed by atoms with E-state index in [0.29, 0.717) is 26.3 Å². The number of amides is 2. The summed E-state index contributed by atoms with van der Waals surface area (Å²) in [5.41, 5.74) is 4.60. The fourth-order valence-electron chi connectivity index (χ4n) is 6.12. The summed E-state index contributed by atoms with van der Waals surface area (Å²) in [5.74, 6) is 2.65. The molecule has 0 aliphatic heterocycles. The topological polar surface area (TPSA) is 108 Å². The number of ether oxygens (including phenoxy) is 2. The highest BCUT2D eigenvalue weighted by atomic mass is 16.5. The molecule has 2 aliphatic rings. The molecule has 4 N–H and O–H groups in total. The molecule has 0 unspecified atom stereocenters. The number of unbranched alkanes of at least 4 members (excludes halogenated alkanes) is 3. The van der Waals surface area contributed by atoms with E-state index >= 15 is 0 Å². The molecule has 0 saturated heterocycles. The molecule has 2 heterocycles. The monoisotopic (exact) mass is 598 g/mol. The van der Waals surface area contributed by atoms with Crippen LogP contribution < -0.4 is 20.1 Å². The van der Waals surface area contributed by atoms with Gasteiger partial charge >= 0.3 is 0 Å². The molecule has 2 amide bonds. The van der Waals surface area contributed by atoms with Crippen molar-refractivity contribution in [1.82, 2.24) is 20.6 Å². The zero-order chi connectivity index (χ0) is 30.1. The summed E-state index contributed by atoms with van der Waals surface area (Å²) in [6, 6.07) is 12.4. The third kappa shape index (κ3) is 7.58. The first-order valence-corrected chi connectivity index (χ1v) is 16.6. The fraction of sp³-hybridized carbons (Fsp3) is 0.500. The van der Waals surface area contributed by atoms with Crippen LogP contribution >= 0.6 is 0 Å². The maximum atomic E-state index is 12.1. The summed E-state index contributed by atoms with van der Waals surface area (Å²) in [6.45, 7) is 2.72. The summed E-state index contributed by atoms with van der Waals surface area (Å²) in [5, 5.41) is 8.51. The first kappa shape index (κ1) is 30.1. The Morgan fingerprint density at radius 3 is 1.52 bits per heavy atom. The molecule has 2 aromatic heterocycles. The van der Waals surface area contributed by atoms with E-state index in [0.717, 1.165) is 86.7 Å². The van der Waals surface area contributed by atoms with Gasteiger partial charge in [0.05, 0.1) is 13.2 Å². The maximum absolute atomic E-state index is 12.1. The molecule has 2 saturated carbocycles. The van der Waals surface area contributed by atoms with Crippen LogP contribution in [0, 0.1) is 11.8 Å². The minimum Gasteiger partial charge on any atom is -0.494 e. The highest BCUT2D eigenvalue weighted by molar-refractivity contribution is 5.86. The Bertz CT molecular complexity index is 1430. The lowest BCUT2D eigenvalue weighted by Crippen LogP contribution is -2.35. The van der Waals surface area contributed by atoms with Crippen LogP contribution in [0.25, 0.3) is 21.8 Å². The molecule has 44 heavy (non-hydrogen) atoms. The lowest BCUT2D eigenvalue weighted by molar-refractivity contribution is -0.128. The van der Waals surface area contributed by atoms with Gasteiger partial charge in [-0.15, -0.1) is 0 Å². The van der Waals surface area contributed by atoms with Crippen molar-refractivity contribution in [1.29, 1.82) is 0 Å². The highest BCUT2D eigenvalue weighted by Gasteiger charge is 2.25. The first-order valence-electron chi connectivity index (χ1n) is 16.6. The van der Waals surface area contributed by atoms with E-state index < -0.39 is 0 Å². The van der Waals surface area contributed by atoms with E-state index in [1.807, 2.05) is 24.5 Å². The van der Waals surface area contributed by atoms with Gasteiger partial charge in [-0.2, -0.15) is 0 Å². The second-order valence-corrected chi connectivity index (χ2v) is 12.5. The molecule has 4 aromatic rings. The van der Waals surface area contributed by atoms with E-state index in [1.54, 1.807) is 0 Å². The van der Waals surface area contributed by atoms with Crippen molar-refractivity contribution < 1.29 is 19.1 Å². The molecule has 8 nitrogen and oxygen atoms in total. The molecular formula is C36H46N4O4. The molecule has 6 rings (SSSR count). The Morgan fingerprint density at radius 1 is 0.659 bits per heavy atom. The second kappa shape index (κ2) is 14.7. The number of hydrogen-bond acceptors (Lipinski definition) is 4. The number of carbonyl (C=O) groups excluding carboxylic acids is 2. The van der Waals surface area contributed by atoms with Crippen molar-refractivity contribution >= 4 is 33.6 Å². The lowest BCUT2D eigenvalue weighted by atomic mass is 9.85. The minimum atomic E-state index is 0.206. The van der Waals surface area contributed by atoms with Gasteiger partial charge in [-0.25, -0.2) is 0 Å². The van der Waals surface area contributed by atoms with Crippen LogP contribution in [0.2, 0.25) is 0 Å². The van der Waals surface area contributed by atoms with Crippen LogP contribution in [-0.2, 0) is 22.4 Å². The zero-order valence-electron chi connectivity index (χ0n) is 25.7. The van der Waals surface area contributed by atoms with Crippen LogP contribution in [0.1, 0.15) is 75.3 Å². The Hall–Kier alpha value is -3.94. The van der Waals surface area contributed by atoms with Crippen LogP contribution in [-0.4, -0.2) is 48.1 Å². The average Bonchev–Trinajstić information content (AvgIpc) is 3.56. The summed E-state index contributed by atoms with van der Waals surface area (Å²) < 4.78 is 12.2. The number of aromatic amines is 2. The van der Waals surface area contributed by atoms with Crippen molar-refractivity contribution in [3.05, 3.63) is 59.9 Å². The summed E-state index contributed by atoms with van der Waals surface area (Å²) in [7, 11) is 0. The summed E-state index contributed by atoms with van der Waals surface area (Å²) in [6.07, 6.45) is 16.4. The highest BCUT2D eigenvalue weighted by Crippen LogP contribution is 2.28. The third-order valence-electron chi connectivity index (χ3n) is 9.39. The van der Waals surface area contributed by atoms with Gasteiger partial charge in [0, 0.05) is 59.1 Å². The van der Waals surface area contributed by atoms with Crippen molar-refractivity contribution in [3.63, 3.8) is 0 Å². The molecule has 0 spiro atoms. The van der Waals surface area contributed by atoms with Gasteiger partial charge in [-0.3, -0.25) is 9.59 Å². The van der Waals surface area contributed by atoms with Gasteiger partial charge in [0.25, 0.3) is 0 Å². The number of carbonyl (C=O) groups is 2. The molecule has 0 atom stereocenters. The van der Waals surface area contributed by atoms with Gasteiger partial charge in [0.1, 0.15) is 11.5 Å². The molecule has 2 aliphatic carbocycles. The number of aromatic nitrogens is 2. The number of nitrogens with one attached hydrogen (secondary N) is 4. The Kier molecular flexibility index (Phi) is 10.1. The molecule has 8 heteroatoms. The number of benzene rings is 2. The predicted molar refractivity (Wildman–Crippen MR) is 174 cm³/mol. The van der Waals surface area contributed by atoms with Crippen molar-refractivity contribution in [2.45, 2.75) is 77.0 Å². The molecule has 2 fully saturated rings. The molecule has 0 bridgehead atoms. The minimum absolute atomic E-state index is 0.206. The van der Waals surface area contributed by atoms with Gasteiger partial charge in [-0.05, 0) is 112 Å². The van der Waals surface area contributed by atoms with Crippen LogP contribution in [0.4, 0.5) is 0 Å². The Balaban J connectivity index is 0.863. The lowest BCUT2D eigenvalue weighted by Gasteiger charge is -2.23. The van der Waals surface area contributed by atoms with E-state index in [1.165, 1.54) is 34.7 Å². The standard InChI is InChI=1S/C36H46N4O4/c41-35(25-7-5-8-25)37-17-15-27-23-39-33-13-11-29(21-31(27)33)43-19-3-1-2-4-20-44-30-12-14-34-32(22-30)28(24-40-34)16-18-38-36(42)26-9-6-10-26/h11-14,21-26,39-40H,1-10,15-20H2,(H,37,41)(H,38,42). The van der Waals surface area contributed by atoms with E-state index in [-0.39, 0.29) is 23.7 Å². The van der Waals surface area contributed by atoms with E-state index in [4.69, 9.17) is 9.47 Å². The number of H-pyrrole nitrogens is 2. The molecule has 2 aromatic carbocycles. The van der Waals surface area contributed by atoms with Gasteiger partial charge in [-0.1, -0.05) is 12.8 Å². The Morgan fingerprint density at radius 2 is 1.11 bits per heavy atom. The van der Waals surface area contributed by atoms with Crippen LogP contribution in [0.15, 0.2) is 48.8 Å². The molecule has 234 valence electrons. The normalized spacial score (nSPS) is 15.2. The van der Waals surface area contributed by atoms with Crippen LogP contribution in [0.3, 0.4) is 0 Å². The van der Waals surface area contributed by atoms with Gasteiger partial charge in [0.2, 0.25) is 11.8 Å². The smallest absolute Gasteiger partial charge is 0.223 e. The predicted octanol–water partition coefficient (Wildman–Crippen LogP) is 6.59. The fourth-order valence-corrected chi connectivity index (χ4v) is 6.12. The summed E-state index contributed by atoms with van der Waals surface area (Å²) >= 11 is 0. The number of rotatable bonds is 17. The van der Waals surface area contributed by atoms with E-state index in [9.17, 15) is 9.59 Å². The largest absolute Gasteiger partial charge is 0.494 e. The van der Waals surface area contributed by atoms with E-state index in [2.05, 4.69) is 44.9 Å². The quantitative estimate of drug-likeness (QED) is 0.103. The third-order valence-corrected chi connectivity index (χ3v) is 9.39. The average molecular weight is 599 g/mol. The van der Waals surface area contributed by atoms with Crippen molar-refractivity contribution in [3.8, 4) is 11.5 Å².